The molecule has 21 heavy (non-hydrogen) atoms. The third-order valence-electron chi connectivity index (χ3n) is 4.56. The highest BCUT2D eigenvalue weighted by molar-refractivity contribution is 8.00. The Morgan fingerprint density at radius 3 is 2.86 bits per heavy atom. The number of ether oxygens (including phenoxy) is 2. The van der Waals surface area contributed by atoms with Crippen molar-refractivity contribution < 1.29 is 9.47 Å². The van der Waals surface area contributed by atoms with Crippen LogP contribution in [0.3, 0.4) is 0 Å². The Kier molecular flexibility index (Phi) is 5.09. The maximum absolute atomic E-state index is 5.43. The van der Waals surface area contributed by atoms with Gasteiger partial charge in [-0.05, 0) is 42.5 Å². The molecule has 2 aliphatic heterocycles. The van der Waals surface area contributed by atoms with E-state index in [0.29, 0.717) is 5.92 Å². The Morgan fingerprint density at radius 1 is 1.33 bits per heavy atom. The van der Waals surface area contributed by atoms with Crippen LogP contribution in [0, 0.1) is 6.92 Å². The first kappa shape index (κ1) is 15.2. The quantitative estimate of drug-likeness (QED) is 0.852. The average molecular weight is 307 g/mol. The zero-order chi connectivity index (χ0) is 14.7. The lowest BCUT2D eigenvalue weighted by Crippen LogP contribution is -2.39. The van der Waals surface area contributed by atoms with E-state index in [9.17, 15) is 0 Å². The van der Waals surface area contributed by atoms with Crippen molar-refractivity contribution in [1.29, 1.82) is 0 Å². The van der Waals surface area contributed by atoms with Gasteiger partial charge in [-0.3, -0.25) is 4.90 Å². The monoisotopic (exact) mass is 307 g/mol. The van der Waals surface area contributed by atoms with E-state index in [1.165, 1.54) is 29.8 Å². The van der Waals surface area contributed by atoms with Crippen LogP contribution in [-0.2, 0) is 4.74 Å². The standard InChI is InChI=1S/C17H25NO2S/c1-13-9-15(19-2)3-4-17(13)14-10-16(21-12-14)11-18-5-7-20-8-6-18/h3-4,9,14,16H,5-8,10-12H2,1-2H3. The highest BCUT2D eigenvalue weighted by atomic mass is 32.2. The predicted molar refractivity (Wildman–Crippen MR) is 88.6 cm³/mol. The van der Waals surface area contributed by atoms with Gasteiger partial charge in [0.15, 0.2) is 0 Å². The second kappa shape index (κ2) is 7.03. The maximum atomic E-state index is 5.43. The minimum Gasteiger partial charge on any atom is -0.497 e. The molecule has 2 saturated heterocycles. The first-order valence-corrected chi connectivity index (χ1v) is 8.87. The van der Waals surface area contributed by atoms with Gasteiger partial charge in [-0.25, -0.2) is 0 Å². The lowest BCUT2D eigenvalue weighted by molar-refractivity contribution is 0.0380. The molecule has 0 aliphatic carbocycles. The molecular formula is C17H25NO2S. The zero-order valence-corrected chi connectivity index (χ0v) is 13.8. The fourth-order valence-electron chi connectivity index (χ4n) is 3.35. The lowest BCUT2D eigenvalue weighted by atomic mass is 9.92. The van der Waals surface area contributed by atoms with Crippen molar-refractivity contribution in [1.82, 2.24) is 4.90 Å². The van der Waals surface area contributed by atoms with Crippen molar-refractivity contribution in [3.05, 3.63) is 29.3 Å². The summed E-state index contributed by atoms with van der Waals surface area (Å²) in [7, 11) is 1.73. The van der Waals surface area contributed by atoms with E-state index >= 15 is 0 Å². The van der Waals surface area contributed by atoms with E-state index in [-0.39, 0.29) is 0 Å². The Hall–Kier alpha value is -0.710. The molecule has 4 heteroatoms. The molecule has 3 nitrogen and oxygen atoms in total. The molecule has 0 radical (unpaired) electrons. The normalized spacial score (nSPS) is 27.0. The summed E-state index contributed by atoms with van der Waals surface area (Å²) in [6.07, 6.45) is 1.30. The van der Waals surface area contributed by atoms with E-state index in [4.69, 9.17) is 9.47 Å². The third kappa shape index (κ3) is 3.74. The zero-order valence-electron chi connectivity index (χ0n) is 13.0. The van der Waals surface area contributed by atoms with Crippen LogP contribution < -0.4 is 4.74 Å². The van der Waals surface area contributed by atoms with E-state index in [1.807, 2.05) is 0 Å². The summed E-state index contributed by atoms with van der Waals surface area (Å²) in [6.45, 7) is 7.43. The number of methoxy groups -OCH3 is 1. The van der Waals surface area contributed by atoms with Crippen LogP contribution in [0.1, 0.15) is 23.5 Å². The average Bonchev–Trinajstić information content (AvgIpc) is 2.96. The number of hydrogen-bond donors (Lipinski definition) is 0. The van der Waals surface area contributed by atoms with Crippen molar-refractivity contribution in [2.75, 3.05) is 45.7 Å². The van der Waals surface area contributed by atoms with Crippen molar-refractivity contribution in [3.63, 3.8) is 0 Å². The van der Waals surface area contributed by atoms with Gasteiger partial charge in [-0.1, -0.05) is 6.07 Å². The molecule has 3 rings (SSSR count). The van der Waals surface area contributed by atoms with E-state index in [2.05, 4.69) is 41.8 Å². The summed E-state index contributed by atoms with van der Waals surface area (Å²) in [5, 5.41) is 0.773. The summed E-state index contributed by atoms with van der Waals surface area (Å²) in [5.74, 6) is 2.92. The van der Waals surface area contributed by atoms with Crippen molar-refractivity contribution in [3.8, 4) is 5.75 Å². The molecule has 0 aromatic heterocycles. The molecule has 2 aliphatic rings. The number of aryl methyl sites for hydroxylation is 1. The Morgan fingerprint density at radius 2 is 2.14 bits per heavy atom. The summed E-state index contributed by atoms with van der Waals surface area (Å²) >= 11 is 2.14. The van der Waals surface area contributed by atoms with Gasteiger partial charge in [-0.2, -0.15) is 11.8 Å². The molecule has 116 valence electrons. The van der Waals surface area contributed by atoms with Crippen molar-refractivity contribution in [2.45, 2.75) is 24.5 Å². The number of benzene rings is 1. The Labute approximate surface area is 132 Å². The molecule has 1 aromatic rings. The molecule has 2 fully saturated rings. The minimum absolute atomic E-state index is 0.701. The lowest BCUT2D eigenvalue weighted by Gasteiger charge is -2.28. The molecule has 0 amide bonds. The first-order chi connectivity index (χ1) is 10.3. The Balaban J connectivity index is 1.58. The molecule has 0 spiro atoms. The van der Waals surface area contributed by atoms with Crippen LogP contribution in [-0.4, -0.2) is 55.9 Å². The molecule has 2 unspecified atom stereocenters. The van der Waals surface area contributed by atoms with Gasteiger partial charge >= 0.3 is 0 Å². The van der Waals surface area contributed by atoms with Gasteiger partial charge in [0.25, 0.3) is 0 Å². The van der Waals surface area contributed by atoms with Crippen molar-refractivity contribution in [2.24, 2.45) is 0 Å². The molecule has 0 saturated carbocycles. The maximum Gasteiger partial charge on any atom is 0.119 e. The van der Waals surface area contributed by atoms with Gasteiger partial charge in [-0.15, -0.1) is 0 Å². The molecule has 2 atom stereocenters. The number of rotatable bonds is 4. The molecular weight excluding hydrogens is 282 g/mol. The second-order valence-electron chi connectivity index (χ2n) is 6.02. The fraction of sp³-hybridized carbons (Fsp3) is 0.647. The van der Waals surface area contributed by atoms with Crippen LogP contribution in [0.2, 0.25) is 0 Å². The second-order valence-corrected chi connectivity index (χ2v) is 7.36. The number of morpholine rings is 1. The smallest absolute Gasteiger partial charge is 0.119 e. The number of thioether (sulfide) groups is 1. The third-order valence-corrected chi connectivity index (χ3v) is 5.97. The molecule has 1 aromatic carbocycles. The SMILES string of the molecule is COc1ccc(C2CSC(CN3CCOCC3)C2)c(C)c1. The molecule has 0 bridgehead atoms. The number of nitrogens with zero attached hydrogens (tertiary/aromatic N) is 1. The van der Waals surface area contributed by atoms with Crippen LogP contribution in [0.5, 0.6) is 5.75 Å². The van der Waals surface area contributed by atoms with Crippen LogP contribution in [0.4, 0.5) is 0 Å². The summed E-state index contributed by atoms with van der Waals surface area (Å²) in [5.41, 5.74) is 2.87. The number of hydrogen-bond acceptors (Lipinski definition) is 4. The summed E-state index contributed by atoms with van der Waals surface area (Å²) < 4.78 is 10.7. The van der Waals surface area contributed by atoms with Gasteiger partial charge in [0.1, 0.15) is 5.75 Å². The first-order valence-electron chi connectivity index (χ1n) is 7.82. The summed E-state index contributed by atoms with van der Waals surface area (Å²) in [6, 6.07) is 6.52. The van der Waals surface area contributed by atoms with Gasteiger partial charge in [0.05, 0.1) is 20.3 Å². The summed E-state index contributed by atoms with van der Waals surface area (Å²) in [4.78, 5) is 2.56. The van der Waals surface area contributed by atoms with Crippen LogP contribution >= 0.6 is 11.8 Å². The highest BCUT2D eigenvalue weighted by Crippen LogP contribution is 2.40. The topological polar surface area (TPSA) is 21.7 Å². The van der Waals surface area contributed by atoms with Crippen LogP contribution in [0.25, 0.3) is 0 Å². The molecule has 2 heterocycles. The molecule has 0 N–H and O–H groups in total. The van der Waals surface area contributed by atoms with Crippen molar-refractivity contribution >= 4 is 11.8 Å². The van der Waals surface area contributed by atoms with E-state index in [1.54, 1.807) is 7.11 Å². The van der Waals surface area contributed by atoms with Gasteiger partial charge < -0.3 is 9.47 Å². The van der Waals surface area contributed by atoms with E-state index < -0.39 is 0 Å². The highest BCUT2D eigenvalue weighted by Gasteiger charge is 2.29. The van der Waals surface area contributed by atoms with Crippen LogP contribution in [0.15, 0.2) is 18.2 Å². The fourth-order valence-corrected chi connectivity index (χ4v) is 4.86. The van der Waals surface area contributed by atoms with Gasteiger partial charge in [0, 0.05) is 30.6 Å². The largest absolute Gasteiger partial charge is 0.497 e. The van der Waals surface area contributed by atoms with Gasteiger partial charge in [0.2, 0.25) is 0 Å². The predicted octanol–water partition coefficient (Wildman–Crippen LogP) is 2.92. The van der Waals surface area contributed by atoms with E-state index in [0.717, 1.165) is 37.3 Å². The minimum atomic E-state index is 0.701. The Bertz CT molecular complexity index is 474.